The molecule has 0 bridgehead atoms. The van der Waals surface area contributed by atoms with Gasteiger partial charge >= 0.3 is 5.69 Å². The summed E-state index contributed by atoms with van der Waals surface area (Å²) in [6.07, 6.45) is 0. The molecule has 0 aromatic heterocycles. The van der Waals surface area contributed by atoms with Crippen molar-refractivity contribution in [1.29, 1.82) is 0 Å². The lowest BCUT2D eigenvalue weighted by molar-refractivity contribution is -0.390. The number of hydrogen-bond donors (Lipinski definition) is 0. The average Bonchev–Trinajstić information content (AvgIpc) is 2.26. The number of nitrogens with zero attached hydrogens (tertiary/aromatic N) is 2. The van der Waals surface area contributed by atoms with Crippen molar-refractivity contribution in [3.05, 3.63) is 34.1 Å². The first-order valence-electron chi connectivity index (χ1n) is 5.57. The van der Waals surface area contributed by atoms with Gasteiger partial charge in [0.05, 0.1) is 4.92 Å². The third-order valence-electron chi connectivity index (χ3n) is 2.44. The minimum absolute atomic E-state index is 0.0485. The molecule has 0 atom stereocenters. The number of hydrogen-bond acceptors (Lipinski definition) is 4. The van der Waals surface area contributed by atoms with Crippen LogP contribution in [0, 0.1) is 21.8 Å². The van der Waals surface area contributed by atoms with Crippen molar-refractivity contribution in [3.8, 4) is 0 Å². The van der Waals surface area contributed by atoms with Crippen LogP contribution in [0.2, 0.25) is 0 Å². The van der Waals surface area contributed by atoms with Crippen molar-refractivity contribution in [2.24, 2.45) is 5.92 Å². The second-order valence-corrected chi connectivity index (χ2v) is 6.54. The zero-order valence-corrected chi connectivity index (χ0v) is 11.6. The quantitative estimate of drug-likeness (QED) is 0.613. The second-order valence-electron chi connectivity index (χ2n) is 4.52. The van der Waals surface area contributed by atoms with Crippen LogP contribution in [0.15, 0.2) is 23.1 Å². The maximum atomic E-state index is 13.4. The Labute approximate surface area is 111 Å². The average molecular weight is 290 g/mol. The maximum absolute atomic E-state index is 13.4. The highest BCUT2D eigenvalue weighted by atomic mass is 32.2. The standard InChI is InChI=1S/C11H15FN2O4S/c1-8(2)7-13(3)19(17,18)10-6-4-5-9(12)11(10)14(15)16/h4-6,8H,7H2,1-3H3. The van der Waals surface area contributed by atoms with Crippen LogP contribution in [-0.4, -0.2) is 31.2 Å². The molecule has 0 N–H and O–H groups in total. The van der Waals surface area contributed by atoms with Crippen molar-refractivity contribution in [2.75, 3.05) is 13.6 Å². The van der Waals surface area contributed by atoms with Gasteiger partial charge in [-0.1, -0.05) is 19.9 Å². The number of halogens is 1. The zero-order chi connectivity index (χ0) is 14.8. The SMILES string of the molecule is CC(C)CN(C)S(=O)(=O)c1cccc(F)c1[N+](=O)[O-]. The van der Waals surface area contributed by atoms with E-state index in [1.807, 2.05) is 13.8 Å². The van der Waals surface area contributed by atoms with E-state index in [-0.39, 0.29) is 12.5 Å². The predicted octanol–water partition coefficient (Wildman–Crippen LogP) is 2.01. The summed E-state index contributed by atoms with van der Waals surface area (Å²) in [6, 6.07) is 3.03. The molecule has 0 unspecified atom stereocenters. The van der Waals surface area contributed by atoms with Gasteiger partial charge in [-0.25, -0.2) is 12.7 Å². The summed E-state index contributed by atoms with van der Waals surface area (Å²) in [5.41, 5.74) is -1.02. The molecule has 0 saturated heterocycles. The molecule has 1 aromatic carbocycles. The molecule has 0 aliphatic carbocycles. The topological polar surface area (TPSA) is 80.5 Å². The van der Waals surface area contributed by atoms with Crippen LogP contribution < -0.4 is 0 Å². The van der Waals surface area contributed by atoms with Crippen LogP contribution in [0.5, 0.6) is 0 Å². The number of sulfonamides is 1. The van der Waals surface area contributed by atoms with Crippen molar-refractivity contribution >= 4 is 15.7 Å². The fourth-order valence-corrected chi connectivity index (χ4v) is 3.16. The van der Waals surface area contributed by atoms with E-state index < -0.39 is 31.3 Å². The summed E-state index contributed by atoms with van der Waals surface area (Å²) in [7, 11) is -2.77. The van der Waals surface area contributed by atoms with Gasteiger partial charge in [-0.15, -0.1) is 0 Å². The molecule has 0 heterocycles. The van der Waals surface area contributed by atoms with Crippen molar-refractivity contribution in [3.63, 3.8) is 0 Å². The highest BCUT2D eigenvalue weighted by molar-refractivity contribution is 7.89. The Balaban J connectivity index is 3.37. The third kappa shape index (κ3) is 3.27. The lowest BCUT2D eigenvalue weighted by Gasteiger charge is -2.19. The molecule has 0 radical (unpaired) electrons. The Hall–Kier alpha value is -1.54. The molecule has 8 heteroatoms. The summed E-state index contributed by atoms with van der Waals surface area (Å²) < 4.78 is 38.8. The number of rotatable bonds is 5. The van der Waals surface area contributed by atoms with Gasteiger partial charge in [0.2, 0.25) is 15.8 Å². The van der Waals surface area contributed by atoms with E-state index >= 15 is 0 Å². The highest BCUT2D eigenvalue weighted by Crippen LogP contribution is 2.28. The molecule has 0 fully saturated rings. The van der Waals surface area contributed by atoms with Gasteiger partial charge in [-0.3, -0.25) is 10.1 Å². The monoisotopic (exact) mass is 290 g/mol. The Bertz CT molecular complexity index is 586. The van der Waals surface area contributed by atoms with E-state index in [4.69, 9.17) is 0 Å². The van der Waals surface area contributed by atoms with Gasteiger partial charge in [0.15, 0.2) is 4.90 Å². The fourth-order valence-electron chi connectivity index (χ4n) is 1.66. The number of benzene rings is 1. The number of nitro benzene ring substituents is 1. The number of nitro groups is 1. The molecule has 0 aliphatic rings. The van der Waals surface area contributed by atoms with Gasteiger partial charge in [-0.05, 0) is 18.1 Å². The molecule has 6 nitrogen and oxygen atoms in total. The molecule has 1 aromatic rings. The molecular formula is C11H15FN2O4S. The molecule has 0 aliphatic heterocycles. The second kappa shape index (κ2) is 5.62. The lowest BCUT2D eigenvalue weighted by Crippen LogP contribution is -2.31. The van der Waals surface area contributed by atoms with Gasteiger partial charge < -0.3 is 0 Å². The van der Waals surface area contributed by atoms with E-state index in [1.165, 1.54) is 7.05 Å². The summed E-state index contributed by atoms with van der Waals surface area (Å²) in [6.45, 7) is 3.81. The van der Waals surface area contributed by atoms with Crippen LogP contribution in [0.4, 0.5) is 10.1 Å². The zero-order valence-electron chi connectivity index (χ0n) is 10.8. The lowest BCUT2D eigenvalue weighted by atomic mass is 10.2. The van der Waals surface area contributed by atoms with Gasteiger partial charge in [0.1, 0.15) is 0 Å². The largest absolute Gasteiger partial charge is 0.324 e. The Morgan fingerprint density at radius 2 is 2.00 bits per heavy atom. The first-order valence-corrected chi connectivity index (χ1v) is 7.01. The van der Waals surface area contributed by atoms with E-state index in [0.29, 0.717) is 0 Å². The van der Waals surface area contributed by atoms with Gasteiger partial charge in [-0.2, -0.15) is 4.39 Å². The van der Waals surface area contributed by atoms with E-state index in [2.05, 4.69) is 0 Å². The van der Waals surface area contributed by atoms with Crippen molar-refractivity contribution in [1.82, 2.24) is 4.31 Å². The van der Waals surface area contributed by atoms with E-state index in [0.717, 1.165) is 22.5 Å². The smallest absolute Gasteiger partial charge is 0.258 e. The van der Waals surface area contributed by atoms with E-state index in [9.17, 15) is 22.9 Å². The summed E-state index contributed by atoms with van der Waals surface area (Å²) in [5, 5.41) is 10.8. The normalized spacial score (nSPS) is 12.1. The Kier molecular flexibility index (Phi) is 4.59. The number of para-hydroxylation sites is 1. The van der Waals surface area contributed by atoms with Gasteiger partial charge in [0.25, 0.3) is 0 Å². The van der Waals surface area contributed by atoms with E-state index in [1.54, 1.807) is 0 Å². The molecule has 0 saturated carbocycles. The molecule has 1 rings (SSSR count). The summed E-state index contributed by atoms with van der Waals surface area (Å²) in [5.74, 6) is -1.11. The fraction of sp³-hybridized carbons (Fsp3) is 0.455. The Morgan fingerprint density at radius 3 is 2.47 bits per heavy atom. The van der Waals surface area contributed by atoms with Crippen LogP contribution in [0.1, 0.15) is 13.8 Å². The van der Waals surface area contributed by atoms with Crippen LogP contribution in [0.25, 0.3) is 0 Å². The first-order chi connectivity index (χ1) is 8.67. The molecule has 19 heavy (non-hydrogen) atoms. The maximum Gasteiger partial charge on any atom is 0.324 e. The molecule has 0 spiro atoms. The van der Waals surface area contributed by atoms with Crippen LogP contribution >= 0.6 is 0 Å². The van der Waals surface area contributed by atoms with Crippen molar-refractivity contribution in [2.45, 2.75) is 18.7 Å². The van der Waals surface area contributed by atoms with Gasteiger partial charge in [0, 0.05) is 13.6 Å². The minimum atomic E-state index is -4.08. The minimum Gasteiger partial charge on any atom is -0.258 e. The predicted molar refractivity (Wildman–Crippen MR) is 67.7 cm³/mol. The summed E-state index contributed by atoms with van der Waals surface area (Å²) >= 11 is 0. The van der Waals surface area contributed by atoms with Crippen LogP contribution in [0.3, 0.4) is 0 Å². The molecule has 106 valence electrons. The van der Waals surface area contributed by atoms with Crippen molar-refractivity contribution < 1.29 is 17.7 Å². The highest BCUT2D eigenvalue weighted by Gasteiger charge is 2.32. The van der Waals surface area contributed by atoms with Crippen LogP contribution in [-0.2, 0) is 10.0 Å². The third-order valence-corrected chi connectivity index (χ3v) is 4.30. The molecular weight excluding hydrogens is 275 g/mol. The first kappa shape index (κ1) is 15.5. The summed E-state index contributed by atoms with van der Waals surface area (Å²) in [4.78, 5) is 9.17. The Morgan fingerprint density at radius 1 is 1.42 bits per heavy atom. The molecule has 0 amide bonds.